The Morgan fingerprint density at radius 2 is 2.04 bits per heavy atom. The highest BCUT2D eigenvalue weighted by Gasteiger charge is 2.39. The molecule has 0 unspecified atom stereocenters. The zero-order valence-corrected chi connectivity index (χ0v) is 15.3. The van der Waals surface area contributed by atoms with E-state index >= 15 is 0 Å². The zero-order valence-electron chi connectivity index (χ0n) is 13.6. The van der Waals surface area contributed by atoms with E-state index in [0.717, 1.165) is 0 Å². The number of methoxy groups -OCH3 is 2. The number of sulfonamides is 1. The van der Waals surface area contributed by atoms with Crippen molar-refractivity contribution in [2.24, 2.45) is 0 Å². The molecule has 2 rings (SSSR count). The van der Waals surface area contributed by atoms with Crippen molar-refractivity contribution < 1.29 is 26.3 Å². The van der Waals surface area contributed by atoms with Crippen LogP contribution in [0.3, 0.4) is 0 Å². The molecule has 0 N–H and O–H groups in total. The Hall–Kier alpha value is -1.58. The molecule has 1 fully saturated rings. The second kappa shape index (κ2) is 7.12. The van der Waals surface area contributed by atoms with Crippen molar-refractivity contribution in [3.05, 3.63) is 30.9 Å². The Morgan fingerprint density at radius 3 is 2.54 bits per heavy atom. The molecule has 0 bridgehead atoms. The fourth-order valence-corrected chi connectivity index (χ4v) is 6.28. The highest BCUT2D eigenvalue weighted by molar-refractivity contribution is 7.92. The largest absolute Gasteiger partial charge is 0.497 e. The Balaban J connectivity index is 2.47. The number of sulfone groups is 1. The molecule has 0 saturated carbocycles. The SMILES string of the molecule is C=CCN([C@H]1CCS(=O)(=O)C1)S(=O)(=O)c1ccc(OC)cc1OC. The van der Waals surface area contributed by atoms with Crippen LogP contribution in [0.25, 0.3) is 0 Å². The minimum absolute atomic E-state index is 0.0133. The average molecular weight is 375 g/mol. The van der Waals surface area contributed by atoms with Crippen LogP contribution in [0.2, 0.25) is 0 Å². The first-order valence-electron chi connectivity index (χ1n) is 7.30. The zero-order chi connectivity index (χ0) is 18.0. The van der Waals surface area contributed by atoms with Crippen LogP contribution >= 0.6 is 0 Å². The monoisotopic (exact) mass is 375 g/mol. The van der Waals surface area contributed by atoms with E-state index in [2.05, 4.69) is 6.58 Å². The molecule has 1 aromatic carbocycles. The molecule has 134 valence electrons. The number of rotatable bonds is 7. The number of hydrogen-bond acceptors (Lipinski definition) is 6. The molecular weight excluding hydrogens is 354 g/mol. The number of ether oxygens (including phenoxy) is 2. The van der Waals surface area contributed by atoms with E-state index < -0.39 is 25.9 Å². The average Bonchev–Trinajstić information content (AvgIpc) is 2.91. The van der Waals surface area contributed by atoms with E-state index in [1.54, 1.807) is 0 Å². The van der Waals surface area contributed by atoms with Gasteiger partial charge in [-0.3, -0.25) is 0 Å². The third-order valence-electron chi connectivity index (χ3n) is 3.88. The number of nitrogens with zero attached hydrogens (tertiary/aromatic N) is 1. The van der Waals surface area contributed by atoms with E-state index in [0.29, 0.717) is 5.75 Å². The molecule has 1 saturated heterocycles. The van der Waals surface area contributed by atoms with E-state index in [9.17, 15) is 16.8 Å². The van der Waals surface area contributed by atoms with Gasteiger partial charge in [-0.1, -0.05) is 6.08 Å². The van der Waals surface area contributed by atoms with Gasteiger partial charge in [0.15, 0.2) is 9.84 Å². The van der Waals surface area contributed by atoms with Crippen LogP contribution in [0, 0.1) is 0 Å². The standard InChI is InChI=1S/C15H21NO6S2/c1-4-8-16(12-7-9-23(17,18)11-12)24(19,20)15-6-5-13(21-2)10-14(15)22-3/h4-6,10,12H,1,7-9,11H2,2-3H3/t12-/m0/s1. The fourth-order valence-electron chi connectivity index (χ4n) is 2.69. The Labute approximate surface area is 142 Å². The summed E-state index contributed by atoms with van der Waals surface area (Å²) in [5, 5.41) is 0. The third-order valence-corrected chi connectivity index (χ3v) is 7.59. The van der Waals surface area contributed by atoms with Gasteiger partial charge in [-0.2, -0.15) is 4.31 Å². The van der Waals surface area contributed by atoms with Gasteiger partial charge in [0.25, 0.3) is 0 Å². The van der Waals surface area contributed by atoms with E-state index in [1.165, 1.54) is 42.8 Å². The first kappa shape index (κ1) is 18.8. The van der Waals surface area contributed by atoms with Crippen molar-refractivity contribution >= 4 is 19.9 Å². The van der Waals surface area contributed by atoms with Crippen LogP contribution in [0.5, 0.6) is 11.5 Å². The van der Waals surface area contributed by atoms with E-state index in [1.807, 2.05) is 0 Å². The summed E-state index contributed by atoms with van der Waals surface area (Å²) in [6.45, 7) is 3.60. The molecule has 1 atom stereocenters. The molecule has 0 spiro atoms. The summed E-state index contributed by atoms with van der Waals surface area (Å²) in [4.78, 5) is -0.0306. The Morgan fingerprint density at radius 1 is 1.33 bits per heavy atom. The second-order valence-corrected chi connectivity index (χ2v) is 9.52. The maximum absolute atomic E-state index is 13.1. The van der Waals surface area contributed by atoms with Gasteiger partial charge in [0, 0.05) is 18.7 Å². The summed E-state index contributed by atoms with van der Waals surface area (Å²) in [5.41, 5.74) is 0. The van der Waals surface area contributed by atoms with Crippen molar-refractivity contribution in [1.82, 2.24) is 4.31 Å². The van der Waals surface area contributed by atoms with Crippen LogP contribution in [0.1, 0.15) is 6.42 Å². The molecule has 0 aromatic heterocycles. The predicted octanol–water partition coefficient (Wildman–Crippen LogP) is 1.07. The van der Waals surface area contributed by atoms with E-state index in [4.69, 9.17) is 9.47 Å². The van der Waals surface area contributed by atoms with E-state index in [-0.39, 0.29) is 35.1 Å². The lowest BCUT2D eigenvalue weighted by Crippen LogP contribution is -2.41. The third kappa shape index (κ3) is 3.73. The molecule has 24 heavy (non-hydrogen) atoms. The molecule has 9 heteroatoms. The molecule has 1 aliphatic rings. The van der Waals surface area contributed by atoms with Crippen molar-refractivity contribution in [2.75, 3.05) is 32.3 Å². The van der Waals surface area contributed by atoms with Gasteiger partial charge in [0.05, 0.1) is 25.7 Å². The lowest BCUT2D eigenvalue weighted by Gasteiger charge is -2.27. The Bertz CT molecular complexity index is 816. The first-order chi connectivity index (χ1) is 11.2. The van der Waals surface area contributed by atoms with Gasteiger partial charge < -0.3 is 9.47 Å². The molecule has 0 radical (unpaired) electrons. The van der Waals surface area contributed by atoms with Gasteiger partial charge >= 0.3 is 0 Å². The molecule has 0 aliphatic carbocycles. The predicted molar refractivity (Wildman–Crippen MR) is 90.7 cm³/mol. The van der Waals surface area contributed by atoms with Crippen molar-refractivity contribution in [3.8, 4) is 11.5 Å². The highest BCUT2D eigenvalue weighted by Crippen LogP contribution is 2.33. The highest BCUT2D eigenvalue weighted by atomic mass is 32.2. The molecular formula is C15H21NO6S2. The minimum atomic E-state index is -3.95. The quantitative estimate of drug-likeness (QED) is 0.662. The molecule has 7 nitrogen and oxygen atoms in total. The Kier molecular flexibility index (Phi) is 5.56. The summed E-state index contributed by atoms with van der Waals surface area (Å²) in [5.74, 6) is 0.410. The lowest BCUT2D eigenvalue weighted by atomic mass is 10.2. The maximum Gasteiger partial charge on any atom is 0.247 e. The maximum atomic E-state index is 13.1. The molecule has 1 aliphatic heterocycles. The van der Waals surface area contributed by atoms with Crippen LogP contribution < -0.4 is 9.47 Å². The summed E-state index contributed by atoms with van der Waals surface area (Å²) < 4.78 is 61.0. The summed E-state index contributed by atoms with van der Waals surface area (Å²) in [6.07, 6.45) is 1.71. The van der Waals surface area contributed by atoms with Crippen molar-refractivity contribution in [2.45, 2.75) is 17.4 Å². The van der Waals surface area contributed by atoms with Crippen molar-refractivity contribution in [1.29, 1.82) is 0 Å². The molecule has 1 heterocycles. The fraction of sp³-hybridized carbons (Fsp3) is 0.467. The van der Waals surface area contributed by atoms with Crippen LogP contribution in [0.15, 0.2) is 35.7 Å². The number of hydrogen-bond donors (Lipinski definition) is 0. The summed E-state index contributed by atoms with van der Waals surface area (Å²) in [6, 6.07) is 3.79. The number of benzene rings is 1. The topological polar surface area (TPSA) is 90.0 Å². The van der Waals surface area contributed by atoms with Gasteiger partial charge in [-0.05, 0) is 18.6 Å². The smallest absolute Gasteiger partial charge is 0.247 e. The lowest BCUT2D eigenvalue weighted by molar-refractivity contribution is 0.358. The summed E-state index contributed by atoms with van der Waals surface area (Å²) >= 11 is 0. The molecule has 1 aromatic rings. The normalized spacial score (nSPS) is 20.0. The van der Waals surface area contributed by atoms with Crippen molar-refractivity contribution in [3.63, 3.8) is 0 Å². The minimum Gasteiger partial charge on any atom is -0.497 e. The van der Waals surface area contributed by atoms with Crippen LogP contribution in [-0.2, 0) is 19.9 Å². The first-order valence-corrected chi connectivity index (χ1v) is 10.6. The molecule has 0 amide bonds. The van der Waals surface area contributed by atoms with Gasteiger partial charge in [-0.15, -0.1) is 6.58 Å². The van der Waals surface area contributed by atoms with Crippen LogP contribution in [-0.4, -0.2) is 59.5 Å². The van der Waals surface area contributed by atoms with Crippen LogP contribution in [0.4, 0.5) is 0 Å². The van der Waals surface area contributed by atoms with Gasteiger partial charge in [0.1, 0.15) is 16.4 Å². The second-order valence-electron chi connectivity index (χ2n) is 5.44. The summed E-state index contributed by atoms with van der Waals surface area (Å²) in [7, 11) is -4.33. The van der Waals surface area contributed by atoms with Gasteiger partial charge in [-0.25, -0.2) is 16.8 Å². The van der Waals surface area contributed by atoms with Gasteiger partial charge in [0.2, 0.25) is 10.0 Å².